The van der Waals surface area contributed by atoms with Gasteiger partial charge in [-0.25, -0.2) is 13.4 Å². The summed E-state index contributed by atoms with van der Waals surface area (Å²) < 4.78 is 27.7. The number of aryl methyl sites for hydroxylation is 1. The lowest BCUT2D eigenvalue weighted by Gasteiger charge is -2.10. The standard InChI is InChI=1S/C10H7BrCl2N2O2S2/c1-5-4-7(12)14-10(13)9(5)15-19(16,17)8-3-2-6(11)18-8/h2-4,15H,1H3. The first-order valence-corrected chi connectivity index (χ1v) is 8.75. The molecule has 4 nitrogen and oxygen atoms in total. The zero-order valence-corrected chi connectivity index (χ0v) is 14.2. The minimum atomic E-state index is -3.68. The molecule has 0 spiro atoms. The number of halogens is 3. The Balaban J connectivity index is 2.41. The van der Waals surface area contributed by atoms with Crippen LogP contribution in [0.4, 0.5) is 5.69 Å². The minimum Gasteiger partial charge on any atom is -0.276 e. The van der Waals surface area contributed by atoms with E-state index in [0.29, 0.717) is 5.56 Å². The SMILES string of the molecule is Cc1cc(Cl)nc(Cl)c1NS(=O)(=O)c1ccc(Br)s1. The van der Waals surface area contributed by atoms with E-state index in [1.165, 1.54) is 12.1 Å². The molecule has 19 heavy (non-hydrogen) atoms. The molecule has 1 N–H and O–H groups in total. The number of nitrogens with zero attached hydrogens (tertiary/aromatic N) is 1. The van der Waals surface area contributed by atoms with Crippen molar-refractivity contribution >= 4 is 66.2 Å². The third kappa shape index (κ3) is 3.41. The van der Waals surface area contributed by atoms with Crippen LogP contribution < -0.4 is 4.72 Å². The number of hydrogen-bond acceptors (Lipinski definition) is 4. The zero-order chi connectivity index (χ0) is 14.2. The molecule has 2 aromatic rings. The average Bonchev–Trinajstić information content (AvgIpc) is 2.71. The van der Waals surface area contributed by atoms with E-state index in [1.54, 1.807) is 13.0 Å². The highest BCUT2D eigenvalue weighted by atomic mass is 79.9. The molecule has 102 valence electrons. The molecule has 0 aliphatic rings. The van der Waals surface area contributed by atoms with Crippen LogP contribution in [0.2, 0.25) is 10.3 Å². The van der Waals surface area contributed by atoms with Gasteiger partial charge in [-0.3, -0.25) is 4.72 Å². The van der Waals surface area contributed by atoms with Crippen molar-refractivity contribution in [3.63, 3.8) is 0 Å². The Labute approximate surface area is 132 Å². The lowest BCUT2D eigenvalue weighted by Crippen LogP contribution is -2.13. The van der Waals surface area contributed by atoms with Crippen molar-refractivity contribution in [3.8, 4) is 0 Å². The molecule has 0 aliphatic carbocycles. The molecule has 0 radical (unpaired) electrons. The summed E-state index contributed by atoms with van der Waals surface area (Å²) in [6, 6.07) is 4.70. The highest BCUT2D eigenvalue weighted by Crippen LogP contribution is 2.31. The third-order valence-electron chi connectivity index (χ3n) is 2.19. The number of hydrogen-bond donors (Lipinski definition) is 1. The lowest BCUT2D eigenvalue weighted by atomic mass is 10.3. The lowest BCUT2D eigenvalue weighted by molar-refractivity contribution is 0.603. The number of nitrogens with one attached hydrogen (secondary N) is 1. The van der Waals surface area contributed by atoms with Crippen molar-refractivity contribution < 1.29 is 8.42 Å². The van der Waals surface area contributed by atoms with Gasteiger partial charge in [0.1, 0.15) is 9.36 Å². The maximum absolute atomic E-state index is 12.2. The zero-order valence-electron chi connectivity index (χ0n) is 9.45. The fourth-order valence-electron chi connectivity index (χ4n) is 1.34. The number of thiophene rings is 1. The number of sulfonamides is 1. The Bertz CT molecular complexity index is 708. The van der Waals surface area contributed by atoms with Crippen LogP contribution in [0.15, 0.2) is 26.2 Å². The fraction of sp³-hybridized carbons (Fsp3) is 0.100. The second-order valence-electron chi connectivity index (χ2n) is 3.59. The van der Waals surface area contributed by atoms with E-state index in [2.05, 4.69) is 25.6 Å². The quantitative estimate of drug-likeness (QED) is 0.779. The van der Waals surface area contributed by atoms with E-state index in [9.17, 15) is 8.42 Å². The monoisotopic (exact) mass is 400 g/mol. The molecule has 2 heterocycles. The summed E-state index contributed by atoms with van der Waals surface area (Å²) in [7, 11) is -3.68. The Morgan fingerprint density at radius 3 is 2.58 bits per heavy atom. The fourth-order valence-corrected chi connectivity index (χ4v) is 5.13. The highest BCUT2D eigenvalue weighted by molar-refractivity contribution is 9.11. The van der Waals surface area contributed by atoms with Crippen LogP contribution in [0.3, 0.4) is 0 Å². The Morgan fingerprint density at radius 1 is 1.37 bits per heavy atom. The number of pyridine rings is 1. The molecule has 0 bridgehead atoms. The number of aromatic nitrogens is 1. The van der Waals surface area contributed by atoms with Gasteiger partial charge in [0.05, 0.1) is 9.47 Å². The summed E-state index contributed by atoms with van der Waals surface area (Å²) in [6.45, 7) is 1.70. The van der Waals surface area contributed by atoms with Crippen LogP contribution >= 0.6 is 50.5 Å². The molecule has 0 atom stereocenters. The van der Waals surface area contributed by atoms with E-state index in [-0.39, 0.29) is 20.2 Å². The van der Waals surface area contributed by atoms with E-state index in [0.717, 1.165) is 15.1 Å². The first kappa shape index (κ1) is 15.1. The van der Waals surface area contributed by atoms with Gasteiger partial charge in [0.2, 0.25) is 0 Å². The maximum Gasteiger partial charge on any atom is 0.271 e. The first-order valence-electron chi connectivity index (χ1n) is 4.90. The van der Waals surface area contributed by atoms with Gasteiger partial charge in [0.25, 0.3) is 10.0 Å². The van der Waals surface area contributed by atoms with Gasteiger partial charge in [-0.15, -0.1) is 11.3 Å². The van der Waals surface area contributed by atoms with Gasteiger partial charge in [-0.05, 0) is 46.6 Å². The molecule has 0 amide bonds. The van der Waals surface area contributed by atoms with Crippen LogP contribution in [0.25, 0.3) is 0 Å². The number of rotatable bonds is 3. The van der Waals surface area contributed by atoms with Gasteiger partial charge < -0.3 is 0 Å². The van der Waals surface area contributed by atoms with Crippen molar-refractivity contribution in [2.75, 3.05) is 4.72 Å². The summed E-state index contributed by atoms with van der Waals surface area (Å²) >= 11 is 16.0. The Kier molecular flexibility index (Phi) is 4.42. The van der Waals surface area contributed by atoms with Crippen molar-refractivity contribution in [1.29, 1.82) is 0 Å². The average molecular weight is 402 g/mol. The summed E-state index contributed by atoms with van der Waals surface area (Å²) in [5, 5.41) is 0.230. The van der Waals surface area contributed by atoms with Gasteiger partial charge >= 0.3 is 0 Å². The molecule has 0 saturated heterocycles. The smallest absolute Gasteiger partial charge is 0.271 e. The van der Waals surface area contributed by atoms with Crippen molar-refractivity contribution in [2.45, 2.75) is 11.1 Å². The molecular weight excluding hydrogens is 395 g/mol. The first-order chi connectivity index (χ1) is 8.79. The molecule has 0 aliphatic heterocycles. The summed E-state index contributed by atoms with van der Waals surface area (Å²) in [5.74, 6) is 0. The van der Waals surface area contributed by atoms with Gasteiger partial charge in [-0.2, -0.15) is 0 Å². The van der Waals surface area contributed by atoms with Crippen LogP contribution in [0.5, 0.6) is 0 Å². The number of anilines is 1. The topological polar surface area (TPSA) is 59.1 Å². The van der Waals surface area contributed by atoms with E-state index >= 15 is 0 Å². The Morgan fingerprint density at radius 2 is 2.05 bits per heavy atom. The minimum absolute atomic E-state index is 0.0178. The maximum atomic E-state index is 12.2. The van der Waals surface area contributed by atoms with Crippen molar-refractivity contribution in [2.24, 2.45) is 0 Å². The van der Waals surface area contributed by atoms with Crippen LogP contribution in [-0.4, -0.2) is 13.4 Å². The van der Waals surface area contributed by atoms with Gasteiger partial charge in [0.15, 0.2) is 5.15 Å². The molecule has 0 aromatic carbocycles. The van der Waals surface area contributed by atoms with Crippen molar-refractivity contribution in [1.82, 2.24) is 4.98 Å². The van der Waals surface area contributed by atoms with Crippen LogP contribution in [0.1, 0.15) is 5.56 Å². The Hall–Kier alpha value is -0.340. The molecule has 0 saturated carbocycles. The van der Waals surface area contributed by atoms with Gasteiger partial charge in [0, 0.05) is 0 Å². The predicted octanol–water partition coefficient (Wildman–Crippen LogP) is 4.32. The molecule has 0 fully saturated rings. The largest absolute Gasteiger partial charge is 0.276 e. The summed E-state index contributed by atoms with van der Waals surface area (Å²) in [4.78, 5) is 3.82. The molecule has 2 rings (SSSR count). The van der Waals surface area contributed by atoms with Crippen molar-refractivity contribution in [3.05, 3.63) is 37.9 Å². The molecule has 9 heteroatoms. The van der Waals surface area contributed by atoms with E-state index < -0.39 is 10.0 Å². The molecule has 2 aromatic heterocycles. The molecule has 0 unspecified atom stereocenters. The van der Waals surface area contributed by atoms with Crippen LogP contribution in [-0.2, 0) is 10.0 Å². The van der Waals surface area contributed by atoms with Crippen LogP contribution in [0, 0.1) is 6.92 Å². The third-order valence-corrected chi connectivity index (χ3v) is 6.12. The van der Waals surface area contributed by atoms with E-state index in [4.69, 9.17) is 23.2 Å². The highest BCUT2D eigenvalue weighted by Gasteiger charge is 2.20. The predicted molar refractivity (Wildman–Crippen MR) is 81.8 cm³/mol. The molecular formula is C10H7BrCl2N2O2S2. The van der Waals surface area contributed by atoms with Gasteiger partial charge in [-0.1, -0.05) is 23.2 Å². The van der Waals surface area contributed by atoms with E-state index in [1.807, 2.05) is 0 Å². The second kappa shape index (κ2) is 5.57. The normalized spacial score (nSPS) is 11.6. The summed E-state index contributed by atoms with van der Waals surface area (Å²) in [6.07, 6.45) is 0. The second-order valence-corrected chi connectivity index (χ2v) is 8.71. The summed E-state index contributed by atoms with van der Waals surface area (Å²) in [5.41, 5.74) is 0.833.